The van der Waals surface area contributed by atoms with Crippen LogP contribution in [0.3, 0.4) is 0 Å². The molecule has 0 radical (unpaired) electrons. The molecule has 2 N–H and O–H groups in total. The fourth-order valence-electron chi connectivity index (χ4n) is 4.72. The molecule has 2 unspecified atom stereocenters. The average Bonchev–Trinajstić information content (AvgIpc) is 2.96. The first kappa shape index (κ1) is 23.6. The lowest BCUT2D eigenvalue weighted by atomic mass is 9.70. The number of hydrogen-bond acceptors (Lipinski definition) is 6. The van der Waals surface area contributed by atoms with Crippen molar-refractivity contribution in [3.8, 4) is 0 Å². The Labute approximate surface area is 182 Å². The molecule has 168 valence electrons. The number of alkyl halides is 2. The maximum Gasteiger partial charge on any atom is 0.295 e. The molecule has 6 nitrogen and oxygen atoms in total. The lowest BCUT2D eigenvalue weighted by Crippen LogP contribution is -2.54. The van der Waals surface area contributed by atoms with Crippen LogP contribution in [0.5, 0.6) is 0 Å². The molecule has 1 aromatic rings. The summed E-state index contributed by atoms with van der Waals surface area (Å²) in [5.41, 5.74) is 0.624. The Balaban J connectivity index is 1.79. The monoisotopic (exact) mass is 512 g/mol. The number of aromatic nitrogens is 1. The van der Waals surface area contributed by atoms with E-state index in [9.17, 15) is 26.4 Å². The second-order valence-electron chi connectivity index (χ2n) is 9.00. The molecule has 1 aromatic heterocycles. The van der Waals surface area contributed by atoms with E-state index in [2.05, 4.69) is 25.1 Å². The molecule has 2 fully saturated rings. The van der Waals surface area contributed by atoms with Gasteiger partial charge in [-0.25, -0.2) is 18.2 Å². The number of nitrogens with two attached hydrogens (primary N) is 1. The second-order valence-corrected chi connectivity index (χ2v) is 11.5. The highest BCUT2D eigenvalue weighted by molar-refractivity contribution is 9.10. The summed E-state index contributed by atoms with van der Waals surface area (Å²) in [6.45, 7) is 2.92. The molecular weight excluding hydrogens is 489 g/mol. The van der Waals surface area contributed by atoms with Crippen molar-refractivity contribution in [3.63, 3.8) is 0 Å². The van der Waals surface area contributed by atoms with Gasteiger partial charge in [-0.05, 0) is 59.2 Å². The van der Waals surface area contributed by atoms with Gasteiger partial charge in [0.05, 0.1) is 11.2 Å². The number of halogens is 4. The molecule has 3 rings (SSSR count). The third-order valence-corrected chi connectivity index (χ3v) is 8.81. The quantitative estimate of drug-likeness (QED) is 0.443. The molecule has 0 amide bonds. The normalized spacial score (nSPS) is 28.0. The molecule has 0 saturated heterocycles. The zero-order valence-electron chi connectivity index (χ0n) is 16.8. The number of rotatable bonds is 7. The predicted molar refractivity (Wildman–Crippen MR) is 107 cm³/mol. The highest BCUT2D eigenvalue weighted by atomic mass is 79.9. The van der Waals surface area contributed by atoms with E-state index in [-0.39, 0.29) is 22.7 Å². The van der Waals surface area contributed by atoms with Crippen LogP contribution < -0.4 is 5.73 Å². The van der Waals surface area contributed by atoms with Crippen molar-refractivity contribution in [1.82, 2.24) is 4.98 Å². The first-order valence-electron chi connectivity index (χ1n) is 9.45. The fourth-order valence-corrected chi connectivity index (χ4v) is 6.72. The van der Waals surface area contributed by atoms with Gasteiger partial charge in [0.2, 0.25) is 0 Å². The second kappa shape index (κ2) is 7.25. The molecule has 0 aliphatic heterocycles. The Morgan fingerprint density at radius 1 is 1.37 bits per heavy atom. The number of fused-ring (bicyclic) bond motifs is 2. The van der Waals surface area contributed by atoms with Crippen molar-refractivity contribution in [2.45, 2.75) is 51.5 Å². The van der Waals surface area contributed by atoms with Gasteiger partial charge in [-0.1, -0.05) is 13.8 Å². The SMILES string of the molecule is CC1(C)C2CCC1(CS(=O)(=O)OCC(F)(F)[C@](C)(N)c1nc(Br)ccc1F)C(=O)C2. The van der Waals surface area contributed by atoms with Crippen molar-refractivity contribution in [2.24, 2.45) is 22.5 Å². The van der Waals surface area contributed by atoms with Crippen LogP contribution in [0.15, 0.2) is 16.7 Å². The molecular formula is C19H24BrF3N2O4S. The van der Waals surface area contributed by atoms with Crippen LogP contribution in [-0.4, -0.2) is 37.5 Å². The smallest absolute Gasteiger partial charge is 0.295 e. The summed E-state index contributed by atoms with van der Waals surface area (Å²) in [7, 11) is -4.49. The van der Waals surface area contributed by atoms with Gasteiger partial charge in [0.15, 0.2) is 0 Å². The van der Waals surface area contributed by atoms with Gasteiger partial charge in [-0.2, -0.15) is 8.42 Å². The number of pyridine rings is 1. The first-order chi connectivity index (χ1) is 13.6. The standard InChI is InChI=1S/C19H24BrF3N2O4S/c1-16(2)11-6-7-18(16,13(26)8-11)10-30(27,28)29-9-19(22,23)17(3,24)15-12(21)4-5-14(20)25-15/h4-5,11H,6-10,24H2,1-3H3/t11?,17-,18?/m1/s1. The summed E-state index contributed by atoms with van der Waals surface area (Å²) in [4.78, 5) is 16.2. The van der Waals surface area contributed by atoms with E-state index in [1.54, 1.807) is 0 Å². The zero-order chi connectivity index (χ0) is 22.8. The molecule has 2 aliphatic rings. The van der Waals surface area contributed by atoms with Crippen LogP contribution in [0, 0.1) is 22.6 Å². The van der Waals surface area contributed by atoms with Gasteiger partial charge in [0.25, 0.3) is 16.0 Å². The van der Waals surface area contributed by atoms with Gasteiger partial charge in [0.1, 0.15) is 34.0 Å². The van der Waals surface area contributed by atoms with E-state index in [4.69, 9.17) is 5.73 Å². The van der Waals surface area contributed by atoms with Gasteiger partial charge in [0, 0.05) is 6.42 Å². The van der Waals surface area contributed by atoms with Crippen LogP contribution in [0.4, 0.5) is 13.2 Å². The van der Waals surface area contributed by atoms with Gasteiger partial charge in [-0.3, -0.25) is 8.98 Å². The minimum atomic E-state index is -4.49. The van der Waals surface area contributed by atoms with Gasteiger partial charge < -0.3 is 5.73 Å². The summed E-state index contributed by atoms with van der Waals surface area (Å²) in [6, 6.07) is 2.15. The lowest BCUT2D eigenvalue weighted by Gasteiger charge is -2.36. The predicted octanol–water partition coefficient (Wildman–Crippen LogP) is 3.53. The fraction of sp³-hybridized carbons (Fsp3) is 0.684. The first-order valence-corrected chi connectivity index (χ1v) is 11.8. The Morgan fingerprint density at radius 3 is 2.53 bits per heavy atom. The number of Topliss-reactive ketones (excluding diaryl/α,β-unsaturated/α-hetero) is 1. The molecule has 3 atom stereocenters. The number of nitrogens with zero attached hydrogens (tertiary/aromatic N) is 1. The summed E-state index contributed by atoms with van der Waals surface area (Å²) < 4.78 is 73.7. The topological polar surface area (TPSA) is 99.3 Å². The van der Waals surface area contributed by atoms with E-state index in [0.29, 0.717) is 12.8 Å². The highest BCUT2D eigenvalue weighted by Gasteiger charge is 2.65. The zero-order valence-corrected chi connectivity index (χ0v) is 19.2. The molecule has 0 aromatic carbocycles. The van der Waals surface area contributed by atoms with Crippen LogP contribution >= 0.6 is 15.9 Å². The maximum atomic E-state index is 14.9. The molecule has 1 heterocycles. The summed E-state index contributed by atoms with van der Waals surface area (Å²) in [5.74, 6) is -5.80. The van der Waals surface area contributed by atoms with Crippen molar-refractivity contribution >= 4 is 31.8 Å². The number of carbonyl (C=O) groups excluding carboxylic acids is 1. The van der Waals surface area contributed by atoms with E-state index in [1.807, 2.05) is 13.8 Å². The maximum absolute atomic E-state index is 14.9. The Hall–Kier alpha value is -1.04. The molecule has 2 bridgehead atoms. The van der Waals surface area contributed by atoms with Gasteiger partial charge >= 0.3 is 0 Å². The molecule has 2 saturated carbocycles. The largest absolute Gasteiger partial charge is 0.315 e. The van der Waals surface area contributed by atoms with Crippen molar-refractivity contribution in [3.05, 3.63) is 28.2 Å². The van der Waals surface area contributed by atoms with Crippen molar-refractivity contribution in [2.75, 3.05) is 12.4 Å². The number of hydrogen-bond donors (Lipinski definition) is 1. The lowest BCUT2D eigenvalue weighted by molar-refractivity contribution is -0.128. The number of ketones is 1. The minimum absolute atomic E-state index is 0.0690. The van der Waals surface area contributed by atoms with E-state index < -0.39 is 56.3 Å². The molecule has 11 heteroatoms. The summed E-state index contributed by atoms with van der Waals surface area (Å²) in [5, 5.41) is 0. The van der Waals surface area contributed by atoms with E-state index in [1.165, 1.54) is 6.07 Å². The van der Waals surface area contributed by atoms with Crippen LogP contribution in [0.1, 0.15) is 45.7 Å². The Bertz CT molecular complexity index is 984. The minimum Gasteiger partial charge on any atom is -0.315 e. The Morgan fingerprint density at radius 2 is 2.00 bits per heavy atom. The van der Waals surface area contributed by atoms with Crippen LogP contribution in [0.2, 0.25) is 0 Å². The number of carbonyl (C=O) groups is 1. The van der Waals surface area contributed by atoms with Crippen LogP contribution in [-0.2, 0) is 24.6 Å². The molecule has 30 heavy (non-hydrogen) atoms. The van der Waals surface area contributed by atoms with Crippen molar-refractivity contribution < 1.29 is 30.6 Å². The van der Waals surface area contributed by atoms with E-state index in [0.717, 1.165) is 13.0 Å². The highest BCUT2D eigenvalue weighted by Crippen LogP contribution is 2.64. The molecule has 0 spiro atoms. The average molecular weight is 513 g/mol. The Kier molecular flexibility index (Phi) is 5.70. The summed E-state index contributed by atoms with van der Waals surface area (Å²) in [6.07, 6.45) is 1.37. The van der Waals surface area contributed by atoms with Crippen molar-refractivity contribution in [1.29, 1.82) is 0 Å². The molecule has 2 aliphatic carbocycles. The third-order valence-electron chi connectivity index (χ3n) is 7.05. The summed E-state index contributed by atoms with van der Waals surface area (Å²) >= 11 is 2.97. The third kappa shape index (κ3) is 3.61. The van der Waals surface area contributed by atoms with E-state index >= 15 is 0 Å². The van der Waals surface area contributed by atoms with Crippen LogP contribution in [0.25, 0.3) is 0 Å². The van der Waals surface area contributed by atoms with Gasteiger partial charge in [-0.15, -0.1) is 0 Å².